The molecule has 106 valence electrons. The highest BCUT2D eigenvalue weighted by Crippen LogP contribution is 2.16. The zero-order valence-corrected chi connectivity index (χ0v) is 12.0. The predicted molar refractivity (Wildman–Crippen MR) is 73.1 cm³/mol. The highest BCUT2D eigenvalue weighted by Gasteiger charge is 2.23. The van der Waals surface area contributed by atoms with Crippen LogP contribution in [0, 0.1) is 11.8 Å². The van der Waals surface area contributed by atoms with Gasteiger partial charge in [-0.05, 0) is 5.92 Å². The summed E-state index contributed by atoms with van der Waals surface area (Å²) in [5.41, 5.74) is 0.903. The molecule has 1 fully saturated rings. The number of hydrogen-bond donors (Lipinski definition) is 1. The second-order valence-corrected chi connectivity index (χ2v) is 5.73. The SMILES string of the molecule is CC(C)Cn1ncnc1CN1CCC(=NO)C(C)C1. The van der Waals surface area contributed by atoms with Crippen LogP contribution < -0.4 is 0 Å². The Kier molecular flexibility index (Phi) is 4.52. The molecule has 6 heteroatoms. The second-order valence-electron chi connectivity index (χ2n) is 5.73. The van der Waals surface area contributed by atoms with E-state index < -0.39 is 0 Å². The van der Waals surface area contributed by atoms with Crippen LogP contribution in [-0.4, -0.2) is 43.7 Å². The third-order valence-corrected chi connectivity index (χ3v) is 3.51. The summed E-state index contributed by atoms with van der Waals surface area (Å²) in [5, 5.41) is 16.6. The van der Waals surface area contributed by atoms with Crippen molar-refractivity contribution in [3.8, 4) is 0 Å². The Morgan fingerprint density at radius 2 is 2.32 bits per heavy atom. The lowest BCUT2D eigenvalue weighted by molar-refractivity contribution is 0.219. The molecule has 1 aliphatic heterocycles. The van der Waals surface area contributed by atoms with Crippen LogP contribution in [0.15, 0.2) is 11.5 Å². The maximum absolute atomic E-state index is 8.89. The molecule has 0 radical (unpaired) electrons. The van der Waals surface area contributed by atoms with Crippen LogP contribution in [0.4, 0.5) is 0 Å². The van der Waals surface area contributed by atoms with Gasteiger partial charge < -0.3 is 5.21 Å². The molecule has 1 N–H and O–H groups in total. The maximum Gasteiger partial charge on any atom is 0.141 e. The number of nitrogens with zero attached hydrogens (tertiary/aromatic N) is 5. The van der Waals surface area contributed by atoms with Crippen molar-refractivity contribution in [3.63, 3.8) is 0 Å². The lowest BCUT2D eigenvalue weighted by atomic mass is 9.98. The first-order valence-electron chi connectivity index (χ1n) is 6.90. The van der Waals surface area contributed by atoms with Gasteiger partial charge in [0.2, 0.25) is 0 Å². The number of piperidine rings is 1. The summed E-state index contributed by atoms with van der Waals surface area (Å²) in [6.07, 6.45) is 2.46. The van der Waals surface area contributed by atoms with Gasteiger partial charge in [0, 0.05) is 32.0 Å². The summed E-state index contributed by atoms with van der Waals surface area (Å²) in [6.45, 7) is 10.0. The molecule has 1 saturated heterocycles. The van der Waals surface area contributed by atoms with E-state index in [1.54, 1.807) is 6.33 Å². The third kappa shape index (κ3) is 3.53. The fourth-order valence-corrected chi connectivity index (χ4v) is 2.50. The van der Waals surface area contributed by atoms with Gasteiger partial charge in [-0.25, -0.2) is 9.67 Å². The fraction of sp³-hybridized carbons (Fsp3) is 0.769. The van der Waals surface area contributed by atoms with Crippen LogP contribution in [0.5, 0.6) is 0 Å². The van der Waals surface area contributed by atoms with Crippen molar-refractivity contribution in [2.75, 3.05) is 13.1 Å². The van der Waals surface area contributed by atoms with Crippen molar-refractivity contribution in [1.29, 1.82) is 0 Å². The van der Waals surface area contributed by atoms with Crippen molar-refractivity contribution in [3.05, 3.63) is 12.2 Å². The van der Waals surface area contributed by atoms with Gasteiger partial charge in [0.25, 0.3) is 0 Å². The minimum atomic E-state index is 0.306. The van der Waals surface area contributed by atoms with Gasteiger partial charge in [-0.3, -0.25) is 4.90 Å². The van der Waals surface area contributed by atoms with E-state index in [-0.39, 0.29) is 0 Å². The number of rotatable bonds is 4. The van der Waals surface area contributed by atoms with E-state index in [0.717, 1.165) is 44.1 Å². The Morgan fingerprint density at radius 3 is 2.95 bits per heavy atom. The van der Waals surface area contributed by atoms with Gasteiger partial charge in [-0.1, -0.05) is 25.9 Å². The summed E-state index contributed by atoms with van der Waals surface area (Å²) < 4.78 is 1.99. The highest BCUT2D eigenvalue weighted by molar-refractivity contribution is 5.86. The molecule has 1 aromatic rings. The largest absolute Gasteiger partial charge is 0.411 e. The molecule has 0 saturated carbocycles. The number of oxime groups is 1. The first-order chi connectivity index (χ1) is 9.10. The molecule has 6 nitrogen and oxygen atoms in total. The van der Waals surface area contributed by atoms with Crippen LogP contribution in [0.1, 0.15) is 33.0 Å². The molecule has 0 spiro atoms. The summed E-state index contributed by atoms with van der Waals surface area (Å²) >= 11 is 0. The highest BCUT2D eigenvalue weighted by atomic mass is 16.4. The van der Waals surface area contributed by atoms with Crippen molar-refractivity contribution in [1.82, 2.24) is 19.7 Å². The van der Waals surface area contributed by atoms with Crippen LogP contribution in [0.25, 0.3) is 0 Å². The van der Waals surface area contributed by atoms with Crippen LogP contribution in [-0.2, 0) is 13.1 Å². The van der Waals surface area contributed by atoms with Crippen molar-refractivity contribution in [2.45, 2.75) is 40.3 Å². The third-order valence-electron chi connectivity index (χ3n) is 3.51. The standard InChI is InChI=1S/C13H23N5O/c1-10(2)6-18-13(14-9-15-18)8-17-5-4-12(16-19)11(3)7-17/h9-11,19H,4-8H2,1-3H3. The Hall–Kier alpha value is -1.43. The van der Waals surface area contributed by atoms with Crippen molar-refractivity contribution >= 4 is 5.71 Å². The zero-order valence-electron chi connectivity index (χ0n) is 12.0. The lowest BCUT2D eigenvalue weighted by Gasteiger charge is -2.31. The fourth-order valence-electron chi connectivity index (χ4n) is 2.50. The van der Waals surface area contributed by atoms with E-state index in [2.05, 4.69) is 40.9 Å². The molecule has 1 aliphatic rings. The Morgan fingerprint density at radius 1 is 1.53 bits per heavy atom. The molecule has 0 bridgehead atoms. The van der Waals surface area contributed by atoms with Gasteiger partial charge in [-0.2, -0.15) is 5.10 Å². The molecule has 0 amide bonds. The van der Waals surface area contributed by atoms with E-state index in [1.807, 2.05) is 4.68 Å². The molecular weight excluding hydrogens is 242 g/mol. The quantitative estimate of drug-likeness (QED) is 0.663. The van der Waals surface area contributed by atoms with Gasteiger partial charge >= 0.3 is 0 Å². The zero-order chi connectivity index (χ0) is 13.8. The number of hydrogen-bond acceptors (Lipinski definition) is 5. The molecular formula is C13H23N5O. The normalized spacial score (nSPS) is 23.4. The molecule has 19 heavy (non-hydrogen) atoms. The van der Waals surface area contributed by atoms with Crippen molar-refractivity contribution in [2.24, 2.45) is 17.0 Å². The average molecular weight is 265 g/mol. The first-order valence-corrected chi connectivity index (χ1v) is 6.90. The molecule has 2 rings (SSSR count). The van der Waals surface area contributed by atoms with Crippen LogP contribution in [0.3, 0.4) is 0 Å². The van der Waals surface area contributed by atoms with Gasteiger partial charge in [0.1, 0.15) is 12.2 Å². The van der Waals surface area contributed by atoms with Gasteiger partial charge in [0.15, 0.2) is 0 Å². The second kappa shape index (κ2) is 6.14. The Bertz CT molecular complexity index is 440. The van der Waals surface area contributed by atoms with Gasteiger partial charge in [0.05, 0.1) is 12.3 Å². The van der Waals surface area contributed by atoms with Gasteiger partial charge in [-0.15, -0.1) is 0 Å². The summed E-state index contributed by atoms with van der Waals surface area (Å²) in [7, 11) is 0. The van der Waals surface area contributed by atoms with Crippen LogP contribution >= 0.6 is 0 Å². The molecule has 1 unspecified atom stereocenters. The van der Waals surface area contributed by atoms with E-state index >= 15 is 0 Å². The molecule has 0 aliphatic carbocycles. The number of aromatic nitrogens is 3. The topological polar surface area (TPSA) is 66.5 Å². The van der Waals surface area contributed by atoms with E-state index in [4.69, 9.17) is 5.21 Å². The van der Waals surface area contributed by atoms with Crippen LogP contribution in [0.2, 0.25) is 0 Å². The number of likely N-dealkylation sites (tertiary alicyclic amines) is 1. The summed E-state index contributed by atoms with van der Waals surface area (Å²) in [5.74, 6) is 1.89. The molecule has 2 heterocycles. The average Bonchev–Trinajstić information content (AvgIpc) is 2.76. The monoisotopic (exact) mass is 265 g/mol. The Balaban J connectivity index is 1.97. The molecule has 1 atom stereocenters. The molecule has 1 aromatic heterocycles. The van der Waals surface area contributed by atoms with E-state index in [9.17, 15) is 0 Å². The van der Waals surface area contributed by atoms with Crippen molar-refractivity contribution < 1.29 is 5.21 Å². The predicted octanol–water partition coefficient (Wildman–Crippen LogP) is 1.61. The Labute approximate surface area is 114 Å². The first kappa shape index (κ1) is 14.0. The summed E-state index contributed by atoms with van der Waals surface area (Å²) in [6, 6.07) is 0. The minimum absolute atomic E-state index is 0.306. The lowest BCUT2D eigenvalue weighted by Crippen LogP contribution is -2.39. The maximum atomic E-state index is 8.89. The minimum Gasteiger partial charge on any atom is -0.411 e. The van der Waals surface area contributed by atoms with E-state index in [0.29, 0.717) is 11.8 Å². The smallest absolute Gasteiger partial charge is 0.141 e. The van der Waals surface area contributed by atoms with E-state index in [1.165, 1.54) is 0 Å². The summed E-state index contributed by atoms with van der Waals surface area (Å²) in [4.78, 5) is 6.71. The molecule has 0 aromatic carbocycles.